The summed E-state index contributed by atoms with van der Waals surface area (Å²) in [4.78, 5) is 52.2. The fraction of sp³-hybridized carbons (Fsp3) is 0.188. The first kappa shape index (κ1) is 19.0. The number of carboxylic acids is 1. The number of carbonyl (C=O) groups is 4. The van der Waals surface area contributed by atoms with Crippen molar-refractivity contribution >= 4 is 56.9 Å². The first-order valence-corrected chi connectivity index (χ1v) is 9.35. The molecular formula is C16H12FN3O5S2. The van der Waals surface area contributed by atoms with Crippen LogP contribution in [0.25, 0.3) is 0 Å². The first-order valence-electron chi connectivity index (χ1n) is 7.59. The number of benzene rings is 1. The lowest BCUT2D eigenvalue weighted by Crippen LogP contribution is -2.32. The van der Waals surface area contributed by atoms with Crippen LogP contribution < -0.4 is 10.2 Å². The minimum Gasteiger partial charge on any atom is -0.481 e. The number of rotatable bonds is 6. The van der Waals surface area contributed by atoms with Gasteiger partial charge in [-0.15, -0.1) is 11.3 Å². The number of carboxylic acid groups (broad SMARTS) is 1. The van der Waals surface area contributed by atoms with Gasteiger partial charge < -0.3 is 10.4 Å². The van der Waals surface area contributed by atoms with Gasteiger partial charge in [-0.1, -0.05) is 0 Å². The lowest BCUT2D eigenvalue weighted by Gasteiger charge is -2.13. The van der Waals surface area contributed by atoms with E-state index in [9.17, 15) is 23.6 Å². The third-order valence-electron chi connectivity index (χ3n) is 3.51. The van der Waals surface area contributed by atoms with Crippen molar-refractivity contribution in [2.75, 3.05) is 10.2 Å². The number of aromatic nitrogens is 1. The number of aliphatic carboxylic acids is 1. The third kappa shape index (κ3) is 4.49. The van der Waals surface area contributed by atoms with Gasteiger partial charge in [-0.2, -0.15) is 0 Å². The number of amides is 3. The maximum Gasteiger partial charge on any atom is 0.309 e. The highest BCUT2D eigenvalue weighted by atomic mass is 32.2. The van der Waals surface area contributed by atoms with Gasteiger partial charge in [-0.05, 0) is 36.0 Å². The molecule has 0 spiro atoms. The van der Waals surface area contributed by atoms with E-state index in [1.165, 1.54) is 17.5 Å². The van der Waals surface area contributed by atoms with Crippen molar-refractivity contribution in [2.24, 2.45) is 0 Å². The van der Waals surface area contributed by atoms with E-state index in [4.69, 9.17) is 5.11 Å². The average molecular weight is 409 g/mol. The molecule has 0 aliphatic carbocycles. The smallest absolute Gasteiger partial charge is 0.309 e. The van der Waals surface area contributed by atoms with Crippen molar-refractivity contribution in [3.8, 4) is 0 Å². The number of anilines is 2. The Kier molecular flexibility index (Phi) is 5.51. The van der Waals surface area contributed by atoms with Gasteiger partial charge in [0.15, 0.2) is 5.13 Å². The van der Waals surface area contributed by atoms with Gasteiger partial charge in [0.2, 0.25) is 11.8 Å². The van der Waals surface area contributed by atoms with E-state index in [2.05, 4.69) is 10.3 Å². The summed E-state index contributed by atoms with van der Waals surface area (Å²) in [6.07, 6.45) is -0.509. The number of carbonyl (C=O) groups excluding carboxylic acids is 3. The standard InChI is InChI=1S/C16H12FN3O5S2/c17-8-1-3-10(4-2-8)20-14(24)11(27-16(20)25)6-12(21)19-15-18-9(7-26-15)5-13(22)23/h1-4,7,11H,5-6H2,(H,22,23)(H,18,19,21). The molecule has 27 heavy (non-hydrogen) atoms. The SMILES string of the molecule is O=C(O)Cc1csc(NC(=O)CC2SC(=O)N(c3ccc(F)cc3)C2=O)n1. The Labute approximate surface area is 160 Å². The van der Waals surface area contributed by atoms with Crippen LogP contribution in [0.5, 0.6) is 0 Å². The molecular weight excluding hydrogens is 397 g/mol. The molecule has 1 aliphatic rings. The maximum absolute atomic E-state index is 13.0. The lowest BCUT2D eigenvalue weighted by atomic mass is 10.2. The normalized spacial score (nSPS) is 16.6. The van der Waals surface area contributed by atoms with E-state index in [-0.39, 0.29) is 23.7 Å². The van der Waals surface area contributed by atoms with Gasteiger partial charge in [-0.3, -0.25) is 19.2 Å². The molecule has 1 unspecified atom stereocenters. The second-order valence-corrected chi connectivity index (χ2v) is 7.50. The average Bonchev–Trinajstić information content (AvgIpc) is 3.12. The van der Waals surface area contributed by atoms with E-state index >= 15 is 0 Å². The Bertz CT molecular complexity index is 915. The largest absolute Gasteiger partial charge is 0.481 e. The zero-order valence-corrected chi connectivity index (χ0v) is 15.2. The van der Waals surface area contributed by atoms with Crippen molar-refractivity contribution < 1.29 is 28.7 Å². The second-order valence-electron chi connectivity index (χ2n) is 5.49. The van der Waals surface area contributed by atoms with Crippen molar-refractivity contribution in [2.45, 2.75) is 18.1 Å². The molecule has 11 heteroatoms. The maximum atomic E-state index is 13.0. The van der Waals surface area contributed by atoms with E-state index in [0.717, 1.165) is 40.1 Å². The number of nitrogens with one attached hydrogen (secondary N) is 1. The van der Waals surface area contributed by atoms with E-state index in [1.807, 2.05) is 0 Å². The molecule has 1 aliphatic heterocycles. The van der Waals surface area contributed by atoms with Crippen LogP contribution in [0.3, 0.4) is 0 Å². The zero-order valence-electron chi connectivity index (χ0n) is 13.5. The number of hydrogen-bond acceptors (Lipinski definition) is 7. The topological polar surface area (TPSA) is 117 Å². The molecule has 1 saturated heterocycles. The zero-order chi connectivity index (χ0) is 19.6. The van der Waals surface area contributed by atoms with Crippen LogP contribution in [-0.2, 0) is 20.8 Å². The van der Waals surface area contributed by atoms with Gasteiger partial charge >= 0.3 is 5.97 Å². The van der Waals surface area contributed by atoms with Crippen molar-refractivity contribution in [1.82, 2.24) is 4.98 Å². The molecule has 1 aromatic heterocycles. The Balaban J connectivity index is 1.62. The van der Waals surface area contributed by atoms with Crippen LogP contribution in [0.2, 0.25) is 0 Å². The van der Waals surface area contributed by atoms with Crippen LogP contribution in [-0.4, -0.2) is 38.4 Å². The van der Waals surface area contributed by atoms with Gasteiger partial charge in [0.05, 0.1) is 17.8 Å². The highest BCUT2D eigenvalue weighted by Gasteiger charge is 2.41. The predicted molar refractivity (Wildman–Crippen MR) is 97.4 cm³/mol. The second kappa shape index (κ2) is 7.84. The summed E-state index contributed by atoms with van der Waals surface area (Å²) in [5.74, 6) is -2.61. The molecule has 3 amide bonds. The van der Waals surface area contributed by atoms with Gasteiger partial charge in [0.1, 0.15) is 11.1 Å². The Morgan fingerprint density at radius 1 is 1.26 bits per heavy atom. The molecule has 1 fully saturated rings. The van der Waals surface area contributed by atoms with Crippen LogP contribution >= 0.6 is 23.1 Å². The number of nitrogens with zero attached hydrogens (tertiary/aromatic N) is 2. The molecule has 1 atom stereocenters. The molecule has 0 saturated carbocycles. The minimum absolute atomic E-state index is 0.216. The Morgan fingerprint density at radius 2 is 1.96 bits per heavy atom. The number of thiazole rings is 1. The molecule has 2 aromatic rings. The summed E-state index contributed by atoms with van der Waals surface area (Å²) in [7, 11) is 0. The van der Waals surface area contributed by atoms with E-state index in [1.54, 1.807) is 0 Å². The van der Waals surface area contributed by atoms with E-state index < -0.39 is 34.1 Å². The quantitative estimate of drug-likeness (QED) is 0.753. The van der Waals surface area contributed by atoms with Crippen LogP contribution in [0, 0.1) is 5.82 Å². The monoisotopic (exact) mass is 409 g/mol. The highest BCUT2D eigenvalue weighted by Crippen LogP contribution is 2.33. The summed E-state index contributed by atoms with van der Waals surface area (Å²) in [5, 5.41) is 11.5. The van der Waals surface area contributed by atoms with Crippen LogP contribution in [0.15, 0.2) is 29.6 Å². The van der Waals surface area contributed by atoms with Gasteiger partial charge in [0, 0.05) is 11.8 Å². The third-order valence-corrected chi connectivity index (χ3v) is 5.35. The summed E-state index contributed by atoms with van der Waals surface area (Å²) < 4.78 is 13.0. The molecule has 2 N–H and O–H groups in total. The fourth-order valence-electron chi connectivity index (χ4n) is 2.35. The van der Waals surface area contributed by atoms with Crippen molar-refractivity contribution in [3.05, 3.63) is 41.2 Å². The van der Waals surface area contributed by atoms with Crippen molar-refractivity contribution in [1.29, 1.82) is 0 Å². The Hall–Kier alpha value is -2.79. The molecule has 1 aromatic carbocycles. The summed E-state index contributed by atoms with van der Waals surface area (Å²) in [5.41, 5.74) is 0.548. The Morgan fingerprint density at radius 3 is 2.63 bits per heavy atom. The number of halogens is 1. The molecule has 2 heterocycles. The highest BCUT2D eigenvalue weighted by molar-refractivity contribution is 8.15. The summed E-state index contributed by atoms with van der Waals surface area (Å²) >= 11 is 1.79. The van der Waals surface area contributed by atoms with Crippen molar-refractivity contribution in [3.63, 3.8) is 0 Å². The number of imide groups is 1. The lowest BCUT2D eigenvalue weighted by molar-refractivity contribution is -0.136. The summed E-state index contributed by atoms with van der Waals surface area (Å²) in [6.45, 7) is 0. The van der Waals surface area contributed by atoms with Crippen LogP contribution in [0.4, 0.5) is 20.0 Å². The molecule has 8 nitrogen and oxygen atoms in total. The summed E-state index contributed by atoms with van der Waals surface area (Å²) in [6, 6.07) is 4.90. The molecule has 3 rings (SSSR count). The predicted octanol–water partition coefficient (Wildman–Crippen LogP) is 2.51. The van der Waals surface area contributed by atoms with Gasteiger partial charge in [0.25, 0.3) is 5.24 Å². The van der Waals surface area contributed by atoms with Crippen LogP contribution in [0.1, 0.15) is 12.1 Å². The van der Waals surface area contributed by atoms with E-state index in [0.29, 0.717) is 5.69 Å². The fourth-order valence-corrected chi connectivity index (χ4v) is 4.06. The minimum atomic E-state index is -1.04. The molecule has 0 bridgehead atoms. The number of hydrogen-bond donors (Lipinski definition) is 2. The number of thioether (sulfide) groups is 1. The first-order chi connectivity index (χ1) is 12.8. The molecule has 0 radical (unpaired) electrons. The van der Waals surface area contributed by atoms with Gasteiger partial charge in [-0.25, -0.2) is 14.3 Å². The molecule has 140 valence electrons.